The molecular formula is C54H95O11P. The number of carbonyl (C=O) groups is 3. The van der Waals surface area contributed by atoms with Gasteiger partial charge in [-0.1, -0.05) is 191 Å². The molecule has 0 bridgehead atoms. The van der Waals surface area contributed by atoms with Crippen molar-refractivity contribution in [2.75, 3.05) is 26.4 Å². The first-order valence-corrected chi connectivity index (χ1v) is 27.7. The van der Waals surface area contributed by atoms with E-state index in [1.165, 1.54) is 70.6 Å². The molecule has 66 heavy (non-hydrogen) atoms. The highest BCUT2D eigenvalue weighted by Gasteiger charge is 2.28. The first-order valence-electron chi connectivity index (χ1n) is 26.2. The zero-order valence-corrected chi connectivity index (χ0v) is 42.8. The van der Waals surface area contributed by atoms with Crippen molar-refractivity contribution in [3.05, 3.63) is 60.8 Å². The molecular weight excluding hydrogens is 856 g/mol. The number of ether oxygens (including phenoxy) is 3. The lowest BCUT2D eigenvalue weighted by atomic mass is 10.0. The molecule has 0 aliphatic rings. The van der Waals surface area contributed by atoms with Crippen LogP contribution < -0.4 is 0 Å². The molecule has 0 fully saturated rings. The largest absolute Gasteiger partial charge is 0.472 e. The smallest absolute Gasteiger partial charge is 0.462 e. The van der Waals surface area contributed by atoms with Gasteiger partial charge >= 0.3 is 25.7 Å². The first-order chi connectivity index (χ1) is 32.2. The molecule has 0 aromatic rings. The lowest BCUT2D eigenvalue weighted by molar-refractivity contribution is -0.161. The Kier molecular flexibility index (Phi) is 46.6. The monoisotopic (exact) mass is 951 g/mol. The van der Waals surface area contributed by atoms with Crippen molar-refractivity contribution in [3.63, 3.8) is 0 Å². The van der Waals surface area contributed by atoms with Gasteiger partial charge in [0.25, 0.3) is 0 Å². The maximum Gasteiger partial charge on any atom is 0.472 e. The van der Waals surface area contributed by atoms with Crippen LogP contribution in [0.5, 0.6) is 0 Å². The van der Waals surface area contributed by atoms with Crippen molar-refractivity contribution in [3.8, 4) is 0 Å². The number of allylic oxidation sites excluding steroid dienone is 10. The summed E-state index contributed by atoms with van der Waals surface area (Å²) >= 11 is 0. The second-order valence-electron chi connectivity index (χ2n) is 17.3. The van der Waals surface area contributed by atoms with E-state index in [4.69, 9.17) is 23.3 Å². The van der Waals surface area contributed by atoms with E-state index >= 15 is 0 Å². The Morgan fingerprint density at radius 3 is 1.30 bits per heavy atom. The Hall–Kier alpha value is -2.82. The number of hydrogen-bond acceptors (Lipinski definition) is 10. The minimum Gasteiger partial charge on any atom is -0.462 e. The normalized spacial score (nSPS) is 14.0. The van der Waals surface area contributed by atoms with Crippen molar-refractivity contribution >= 4 is 25.7 Å². The second-order valence-corrected chi connectivity index (χ2v) is 18.8. The molecule has 3 atom stereocenters. The number of carbonyl (C=O) groups excluding carboxylic acids is 3. The van der Waals surface area contributed by atoms with E-state index in [0.717, 1.165) is 96.3 Å². The number of aliphatic hydroxyl groups is 1. The summed E-state index contributed by atoms with van der Waals surface area (Å²) < 4.78 is 39.3. The quantitative estimate of drug-likeness (QED) is 0.0197. The van der Waals surface area contributed by atoms with Crippen molar-refractivity contribution in [1.29, 1.82) is 0 Å². The molecule has 0 heterocycles. The van der Waals surface area contributed by atoms with Gasteiger partial charge in [0, 0.05) is 19.3 Å². The summed E-state index contributed by atoms with van der Waals surface area (Å²) in [5.74, 6) is -1.52. The molecule has 0 aromatic carbocycles. The van der Waals surface area contributed by atoms with Crippen LogP contribution in [0.1, 0.15) is 226 Å². The summed E-state index contributed by atoms with van der Waals surface area (Å²) in [5.41, 5.74) is 0. The summed E-state index contributed by atoms with van der Waals surface area (Å²) in [6.07, 6.45) is 50.5. The summed E-state index contributed by atoms with van der Waals surface area (Å²) in [6, 6.07) is 0. The van der Waals surface area contributed by atoms with Gasteiger partial charge < -0.3 is 24.2 Å². The molecule has 0 amide bonds. The summed E-state index contributed by atoms with van der Waals surface area (Å²) in [6.45, 7) is 4.42. The van der Waals surface area contributed by atoms with Crippen molar-refractivity contribution in [2.45, 2.75) is 238 Å². The van der Waals surface area contributed by atoms with Crippen molar-refractivity contribution < 1.29 is 52.2 Å². The molecule has 0 aliphatic carbocycles. The van der Waals surface area contributed by atoms with Gasteiger partial charge in [-0.2, -0.15) is 0 Å². The average Bonchev–Trinajstić information content (AvgIpc) is 3.30. The minimum atomic E-state index is -4.75. The number of hydrogen-bond donors (Lipinski definition) is 2. The highest BCUT2D eigenvalue weighted by atomic mass is 31.2. The average molecular weight is 951 g/mol. The molecule has 0 aliphatic heterocycles. The van der Waals surface area contributed by atoms with Gasteiger partial charge in [0.05, 0.1) is 19.8 Å². The lowest BCUT2D eigenvalue weighted by Crippen LogP contribution is -2.30. The zero-order valence-electron chi connectivity index (χ0n) is 41.9. The highest BCUT2D eigenvalue weighted by Crippen LogP contribution is 2.43. The number of rotatable bonds is 48. The van der Waals surface area contributed by atoms with Gasteiger partial charge in [0.1, 0.15) is 12.7 Å². The molecule has 11 nitrogen and oxygen atoms in total. The fourth-order valence-corrected chi connectivity index (χ4v) is 7.70. The maximum atomic E-state index is 12.8. The molecule has 0 aromatic heterocycles. The number of unbranched alkanes of at least 4 members (excludes halogenated alkanes) is 21. The summed E-state index contributed by atoms with van der Waals surface area (Å²) in [7, 11) is -4.75. The van der Waals surface area contributed by atoms with Gasteiger partial charge in [-0.05, 0) is 77.0 Å². The zero-order chi connectivity index (χ0) is 48.4. The van der Waals surface area contributed by atoms with Crippen LogP contribution >= 0.6 is 7.82 Å². The fourth-order valence-electron chi connectivity index (χ4n) is 6.92. The van der Waals surface area contributed by atoms with Gasteiger partial charge in [-0.25, -0.2) is 4.57 Å². The third-order valence-corrected chi connectivity index (χ3v) is 11.9. The van der Waals surface area contributed by atoms with E-state index in [0.29, 0.717) is 19.3 Å². The number of phosphoric acid groups is 1. The van der Waals surface area contributed by atoms with E-state index < -0.39 is 57.8 Å². The Balaban J connectivity index is 4.81. The van der Waals surface area contributed by atoms with Crippen LogP contribution in [-0.2, 0) is 42.2 Å². The van der Waals surface area contributed by atoms with Crippen LogP contribution in [0.2, 0.25) is 0 Å². The third-order valence-electron chi connectivity index (χ3n) is 10.9. The predicted octanol–water partition coefficient (Wildman–Crippen LogP) is 14.8. The van der Waals surface area contributed by atoms with E-state index in [2.05, 4.69) is 81.5 Å². The van der Waals surface area contributed by atoms with Crippen LogP contribution in [0.15, 0.2) is 60.8 Å². The van der Waals surface area contributed by atoms with Gasteiger partial charge in [0.2, 0.25) is 0 Å². The van der Waals surface area contributed by atoms with Crippen molar-refractivity contribution in [1.82, 2.24) is 0 Å². The summed E-state index contributed by atoms with van der Waals surface area (Å²) in [4.78, 5) is 48.3. The Morgan fingerprint density at radius 2 is 0.803 bits per heavy atom. The Labute approximate surface area is 402 Å². The van der Waals surface area contributed by atoms with Gasteiger partial charge in [0.15, 0.2) is 6.10 Å². The highest BCUT2D eigenvalue weighted by molar-refractivity contribution is 7.47. The van der Waals surface area contributed by atoms with E-state index in [1.54, 1.807) is 0 Å². The number of phosphoric ester groups is 1. The van der Waals surface area contributed by atoms with Crippen LogP contribution in [0.3, 0.4) is 0 Å². The standard InChI is InChI=1S/C54H95O11P/c1-4-7-10-13-16-19-22-24-25-27-30-33-36-39-42-45-54(58)65-51(47-61-52(56)43-40-37-34-31-29-26-23-20-17-14-11-8-5-2)49-63-66(59,60)62-48-50(46-55)64-53(57)44-41-38-35-32-28-21-18-15-12-9-6-3/h7,10,15-16,18-19,24-25,30,33,50-51,55H,4-6,8-9,11-14,17,20-23,26-29,31-32,34-49H2,1-3H3,(H,59,60)/b10-7-,18-15-,19-16-,25-24-,33-30-. The molecule has 0 saturated heterocycles. The number of esters is 3. The van der Waals surface area contributed by atoms with Gasteiger partial charge in [-0.3, -0.25) is 23.4 Å². The molecule has 3 unspecified atom stereocenters. The fraction of sp³-hybridized carbons (Fsp3) is 0.759. The van der Waals surface area contributed by atoms with Gasteiger partial charge in [-0.15, -0.1) is 0 Å². The first kappa shape index (κ1) is 63.2. The van der Waals surface area contributed by atoms with E-state index in [1.807, 2.05) is 0 Å². The molecule has 382 valence electrons. The second kappa shape index (κ2) is 48.6. The molecule has 0 spiro atoms. The SMILES string of the molecule is CC/C=C\C/C=C\C/C=C\C/C=C\CCCCC(=O)OC(COC(=O)CCCCCCCCCCCCCCC)COP(=O)(O)OCC(CO)OC(=O)CCCCCCC/C=C\CCCC. The summed E-state index contributed by atoms with van der Waals surface area (Å²) in [5, 5.41) is 9.76. The maximum absolute atomic E-state index is 12.8. The molecule has 2 N–H and O–H groups in total. The Bertz CT molecular complexity index is 1340. The van der Waals surface area contributed by atoms with Crippen LogP contribution in [0.4, 0.5) is 0 Å². The minimum absolute atomic E-state index is 0.116. The topological polar surface area (TPSA) is 155 Å². The molecule has 0 rings (SSSR count). The lowest BCUT2D eigenvalue weighted by Gasteiger charge is -2.21. The van der Waals surface area contributed by atoms with E-state index in [-0.39, 0.29) is 25.9 Å². The Morgan fingerprint density at radius 1 is 0.439 bits per heavy atom. The van der Waals surface area contributed by atoms with E-state index in [9.17, 15) is 28.9 Å². The molecule has 12 heteroatoms. The van der Waals surface area contributed by atoms with Crippen LogP contribution in [0, 0.1) is 0 Å². The predicted molar refractivity (Wildman–Crippen MR) is 270 cm³/mol. The van der Waals surface area contributed by atoms with Crippen LogP contribution in [0.25, 0.3) is 0 Å². The molecule has 0 saturated carbocycles. The third kappa shape index (κ3) is 46.3. The van der Waals surface area contributed by atoms with Crippen molar-refractivity contribution in [2.24, 2.45) is 0 Å². The molecule has 0 radical (unpaired) electrons. The number of aliphatic hydroxyl groups excluding tert-OH is 1. The van der Waals surface area contributed by atoms with Crippen LogP contribution in [-0.4, -0.2) is 66.5 Å².